The predicted molar refractivity (Wildman–Crippen MR) is 41.1 cm³/mol. The van der Waals surface area contributed by atoms with Crippen molar-refractivity contribution in [3.05, 3.63) is 0 Å². The standard InChI is InChI=1S/C6H13NO.ClH/c1-6(2,3)7-4-5-8;/h5,7H,4H2,1-3H3;1H. The Labute approximate surface area is 62.4 Å². The van der Waals surface area contributed by atoms with E-state index < -0.39 is 0 Å². The highest BCUT2D eigenvalue weighted by Gasteiger charge is 2.05. The molecule has 0 radical (unpaired) electrons. The number of carbonyl (C=O) groups is 1. The number of rotatable bonds is 2. The van der Waals surface area contributed by atoms with Gasteiger partial charge in [-0.2, -0.15) is 0 Å². The topological polar surface area (TPSA) is 29.1 Å². The smallest absolute Gasteiger partial charge is 0.133 e. The summed E-state index contributed by atoms with van der Waals surface area (Å²) < 4.78 is 0. The quantitative estimate of drug-likeness (QED) is 0.597. The van der Waals surface area contributed by atoms with Gasteiger partial charge in [0.1, 0.15) is 6.29 Å². The summed E-state index contributed by atoms with van der Waals surface area (Å²) in [5, 5.41) is 3.00. The highest BCUT2D eigenvalue weighted by molar-refractivity contribution is 5.85. The molecule has 2 nitrogen and oxygen atoms in total. The van der Waals surface area contributed by atoms with Gasteiger partial charge in [-0.05, 0) is 20.8 Å². The van der Waals surface area contributed by atoms with Crippen molar-refractivity contribution < 1.29 is 4.79 Å². The van der Waals surface area contributed by atoms with Crippen molar-refractivity contribution in [1.82, 2.24) is 5.32 Å². The van der Waals surface area contributed by atoms with Gasteiger partial charge in [-0.3, -0.25) is 0 Å². The van der Waals surface area contributed by atoms with Crippen molar-refractivity contribution in [1.29, 1.82) is 0 Å². The van der Waals surface area contributed by atoms with Crippen LogP contribution in [0.2, 0.25) is 0 Å². The molecule has 1 N–H and O–H groups in total. The molecule has 0 saturated carbocycles. The molecular formula is C6H14ClNO. The Morgan fingerprint density at radius 3 is 2.00 bits per heavy atom. The molecule has 0 aliphatic carbocycles. The third-order valence-corrected chi connectivity index (χ3v) is 0.716. The number of aldehydes is 1. The lowest BCUT2D eigenvalue weighted by molar-refractivity contribution is -0.107. The van der Waals surface area contributed by atoms with E-state index in [2.05, 4.69) is 5.32 Å². The number of hydrogen-bond acceptors (Lipinski definition) is 2. The van der Waals surface area contributed by atoms with E-state index in [-0.39, 0.29) is 17.9 Å². The normalized spacial score (nSPS) is 10.1. The highest BCUT2D eigenvalue weighted by Crippen LogP contribution is 1.95. The molecule has 3 heteroatoms. The van der Waals surface area contributed by atoms with Crippen molar-refractivity contribution in [3.63, 3.8) is 0 Å². The molecule has 0 aliphatic rings. The summed E-state index contributed by atoms with van der Waals surface area (Å²) in [5.41, 5.74) is 0.0703. The first-order valence-electron chi connectivity index (χ1n) is 2.75. The molecule has 0 aromatic rings. The molecule has 0 aromatic carbocycles. The van der Waals surface area contributed by atoms with Crippen LogP contribution in [0.25, 0.3) is 0 Å². The number of hydrogen-bond donors (Lipinski definition) is 1. The minimum absolute atomic E-state index is 0. The minimum Gasteiger partial charge on any atom is -0.306 e. The molecule has 0 spiro atoms. The molecular weight excluding hydrogens is 138 g/mol. The Bertz CT molecular complexity index is 77.6. The second kappa shape index (κ2) is 4.77. The molecule has 0 bridgehead atoms. The largest absolute Gasteiger partial charge is 0.306 e. The van der Waals surface area contributed by atoms with Crippen molar-refractivity contribution in [2.75, 3.05) is 6.54 Å². The Kier molecular flexibility index (Phi) is 6.19. The molecule has 0 rings (SSSR count). The lowest BCUT2D eigenvalue weighted by Crippen LogP contribution is -2.36. The summed E-state index contributed by atoms with van der Waals surface area (Å²) in [4.78, 5) is 9.79. The van der Waals surface area contributed by atoms with Crippen LogP contribution in [0.5, 0.6) is 0 Å². The zero-order chi connectivity index (χ0) is 6.62. The van der Waals surface area contributed by atoms with Crippen molar-refractivity contribution in [3.8, 4) is 0 Å². The van der Waals surface area contributed by atoms with E-state index >= 15 is 0 Å². The van der Waals surface area contributed by atoms with Crippen LogP contribution in [-0.2, 0) is 4.79 Å². The van der Waals surface area contributed by atoms with Crippen LogP contribution >= 0.6 is 12.4 Å². The lowest BCUT2D eigenvalue weighted by Gasteiger charge is -2.17. The second-order valence-electron chi connectivity index (χ2n) is 2.80. The number of nitrogens with one attached hydrogen (secondary N) is 1. The Hall–Kier alpha value is -0.0800. The zero-order valence-corrected chi connectivity index (χ0v) is 6.92. The zero-order valence-electron chi connectivity index (χ0n) is 6.10. The van der Waals surface area contributed by atoms with E-state index in [0.717, 1.165) is 6.29 Å². The van der Waals surface area contributed by atoms with Gasteiger partial charge < -0.3 is 10.1 Å². The van der Waals surface area contributed by atoms with Gasteiger partial charge in [-0.25, -0.2) is 0 Å². The fourth-order valence-electron chi connectivity index (χ4n) is 0.348. The molecule has 0 atom stereocenters. The molecule has 0 aliphatic heterocycles. The Balaban J connectivity index is 0. The first-order chi connectivity index (χ1) is 3.56. The lowest BCUT2D eigenvalue weighted by atomic mass is 10.1. The highest BCUT2D eigenvalue weighted by atomic mass is 35.5. The maximum Gasteiger partial charge on any atom is 0.133 e. The first-order valence-corrected chi connectivity index (χ1v) is 2.75. The maximum atomic E-state index is 9.79. The van der Waals surface area contributed by atoms with Crippen molar-refractivity contribution in [2.24, 2.45) is 0 Å². The van der Waals surface area contributed by atoms with Crippen LogP contribution in [0.4, 0.5) is 0 Å². The fraction of sp³-hybridized carbons (Fsp3) is 0.833. The summed E-state index contributed by atoms with van der Waals surface area (Å²) in [5.74, 6) is 0. The van der Waals surface area contributed by atoms with Gasteiger partial charge in [0.2, 0.25) is 0 Å². The average Bonchev–Trinajstić information content (AvgIpc) is 1.59. The molecule has 9 heavy (non-hydrogen) atoms. The van der Waals surface area contributed by atoms with Crippen LogP contribution in [0.3, 0.4) is 0 Å². The van der Waals surface area contributed by atoms with Crippen LogP contribution in [0.1, 0.15) is 20.8 Å². The van der Waals surface area contributed by atoms with E-state index in [0.29, 0.717) is 6.54 Å². The third kappa shape index (κ3) is 11.5. The molecule has 0 amide bonds. The summed E-state index contributed by atoms with van der Waals surface area (Å²) >= 11 is 0. The van der Waals surface area contributed by atoms with E-state index in [1.54, 1.807) is 0 Å². The monoisotopic (exact) mass is 151 g/mol. The first kappa shape index (κ1) is 11.7. The predicted octanol–water partition coefficient (Wildman–Crippen LogP) is 0.995. The van der Waals surface area contributed by atoms with Gasteiger partial charge in [0, 0.05) is 5.54 Å². The van der Waals surface area contributed by atoms with Gasteiger partial charge in [0.15, 0.2) is 0 Å². The van der Waals surface area contributed by atoms with Crippen molar-refractivity contribution in [2.45, 2.75) is 26.3 Å². The summed E-state index contributed by atoms with van der Waals surface area (Å²) in [7, 11) is 0. The van der Waals surface area contributed by atoms with Gasteiger partial charge in [0.25, 0.3) is 0 Å². The maximum absolute atomic E-state index is 9.79. The van der Waals surface area contributed by atoms with E-state index in [9.17, 15) is 4.79 Å². The molecule has 0 heterocycles. The van der Waals surface area contributed by atoms with Crippen LogP contribution < -0.4 is 5.32 Å². The summed E-state index contributed by atoms with van der Waals surface area (Å²) in [6, 6.07) is 0. The Morgan fingerprint density at radius 1 is 1.44 bits per heavy atom. The number of halogens is 1. The van der Waals surface area contributed by atoms with E-state index in [4.69, 9.17) is 0 Å². The minimum atomic E-state index is 0. The third-order valence-electron chi connectivity index (χ3n) is 0.716. The molecule has 56 valence electrons. The van der Waals surface area contributed by atoms with Gasteiger partial charge in [-0.1, -0.05) is 0 Å². The average molecular weight is 152 g/mol. The van der Waals surface area contributed by atoms with Crippen LogP contribution in [0, 0.1) is 0 Å². The summed E-state index contributed by atoms with van der Waals surface area (Å²) in [6.07, 6.45) is 0.866. The number of carbonyl (C=O) groups excluding carboxylic acids is 1. The van der Waals surface area contributed by atoms with E-state index in [1.165, 1.54) is 0 Å². The van der Waals surface area contributed by atoms with E-state index in [1.807, 2.05) is 20.8 Å². The molecule has 0 fully saturated rings. The van der Waals surface area contributed by atoms with Crippen LogP contribution in [-0.4, -0.2) is 18.4 Å². The van der Waals surface area contributed by atoms with Crippen LogP contribution in [0.15, 0.2) is 0 Å². The molecule has 0 unspecified atom stereocenters. The van der Waals surface area contributed by atoms with Gasteiger partial charge in [0.05, 0.1) is 6.54 Å². The molecule has 0 aromatic heterocycles. The second-order valence-corrected chi connectivity index (χ2v) is 2.80. The van der Waals surface area contributed by atoms with Gasteiger partial charge in [-0.15, -0.1) is 12.4 Å². The molecule has 0 saturated heterocycles. The fourth-order valence-corrected chi connectivity index (χ4v) is 0.348. The summed E-state index contributed by atoms with van der Waals surface area (Å²) in [6.45, 7) is 6.52. The van der Waals surface area contributed by atoms with Gasteiger partial charge >= 0.3 is 0 Å². The Morgan fingerprint density at radius 2 is 1.89 bits per heavy atom. The van der Waals surface area contributed by atoms with Crippen molar-refractivity contribution >= 4 is 18.7 Å². The SMILES string of the molecule is CC(C)(C)NCC=O.Cl.